The third kappa shape index (κ3) is 6.80. The normalized spacial score (nSPS) is 19.4. The summed E-state index contributed by atoms with van der Waals surface area (Å²) in [6.07, 6.45) is 0.428. The zero-order valence-corrected chi connectivity index (χ0v) is 24.4. The van der Waals surface area contributed by atoms with Crippen LogP contribution < -0.4 is 5.32 Å². The van der Waals surface area contributed by atoms with Crippen molar-refractivity contribution in [3.8, 4) is 0 Å². The molecule has 0 spiro atoms. The highest BCUT2D eigenvalue weighted by molar-refractivity contribution is 7.10. The number of aliphatic imine (C=N–C) groups is 4. The lowest BCUT2D eigenvalue weighted by Gasteiger charge is -2.38. The molecule has 0 saturated carbocycles. The highest BCUT2D eigenvalue weighted by atomic mass is 32.1. The van der Waals surface area contributed by atoms with Crippen LogP contribution in [0.5, 0.6) is 0 Å². The molecule has 4 rings (SSSR count). The van der Waals surface area contributed by atoms with Crippen LogP contribution in [0.1, 0.15) is 23.1 Å². The molecule has 0 radical (unpaired) electrons. The first-order valence-corrected chi connectivity index (χ1v) is 14.1. The third-order valence-electron chi connectivity index (χ3n) is 6.00. The van der Waals surface area contributed by atoms with E-state index in [0.717, 1.165) is 49.9 Å². The van der Waals surface area contributed by atoms with Crippen molar-refractivity contribution < 1.29 is 0 Å². The second kappa shape index (κ2) is 12.0. The monoisotopic (exact) mass is 542 g/mol. The van der Waals surface area contributed by atoms with Gasteiger partial charge in [0.05, 0.1) is 13.1 Å². The molecule has 0 amide bonds. The van der Waals surface area contributed by atoms with Crippen molar-refractivity contribution in [1.29, 1.82) is 0 Å². The molecular weight excluding hydrogens is 504 g/mol. The second-order valence-electron chi connectivity index (χ2n) is 9.57. The van der Waals surface area contributed by atoms with E-state index in [0.29, 0.717) is 0 Å². The minimum absolute atomic E-state index is 0.137. The van der Waals surface area contributed by atoms with Crippen molar-refractivity contribution in [2.24, 2.45) is 20.0 Å². The van der Waals surface area contributed by atoms with E-state index in [1.165, 1.54) is 9.75 Å². The lowest BCUT2D eigenvalue weighted by molar-refractivity contribution is 0.340. The molecule has 0 bridgehead atoms. The summed E-state index contributed by atoms with van der Waals surface area (Å²) < 4.78 is 0. The van der Waals surface area contributed by atoms with E-state index in [-0.39, 0.29) is 12.3 Å². The van der Waals surface area contributed by atoms with Gasteiger partial charge in [-0.3, -0.25) is 10.2 Å². The smallest absolute Gasteiger partial charge is 0.205 e. The Balaban J connectivity index is 1.54. The summed E-state index contributed by atoms with van der Waals surface area (Å²) >= 11 is 3.52. The molecule has 0 aromatic carbocycles. The molecule has 0 aliphatic carbocycles. The fourth-order valence-electron chi connectivity index (χ4n) is 4.18. The third-order valence-corrected chi connectivity index (χ3v) is 7.72. The average molecular weight is 543 g/mol. The topological polar surface area (TPSA) is 77.7 Å². The van der Waals surface area contributed by atoms with Crippen molar-refractivity contribution in [2.75, 3.05) is 48.8 Å². The number of hydrogen-bond donors (Lipinski definition) is 1. The molecule has 10 nitrogen and oxygen atoms in total. The number of guanidine groups is 4. The largest absolute Gasteiger partial charge is 0.349 e. The van der Waals surface area contributed by atoms with Crippen LogP contribution in [0.4, 0.5) is 0 Å². The van der Waals surface area contributed by atoms with Crippen LogP contribution in [0.25, 0.3) is 0 Å². The van der Waals surface area contributed by atoms with Crippen LogP contribution in [0, 0.1) is 0 Å². The van der Waals surface area contributed by atoms with Crippen LogP contribution >= 0.6 is 22.7 Å². The summed E-state index contributed by atoms with van der Waals surface area (Å²) in [5.41, 5.74) is 0. The molecule has 12 heteroatoms. The highest BCUT2D eigenvalue weighted by Crippen LogP contribution is 2.19. The maximum atomic E-state index is 5.00. The molecule has 37 heavy (non-hydrogen) atoms. The summed E-state index contributed by atoms with van der Waals surface area (Å²) in [5, 5.41) is 7.63. The van der Waals surface area contributed by atoms with Crippen LogP contribution in [-0.4, -0.2) is 110 Å². The van der Waals surface area contributed by atoms with Crippen molar-refractivity contribution in [2.45, 2.75) is 38.8 Å². The standard InChI is InChI=1S/C25H38N10S2/c1-18-26-24(32(4)5)34(7)25(27-18)35(17-20-11-9-15-37-20)13-12-21-28-22(31(2)3)30-23(29-21)33(6)16-19-10-8-14-36-19/h8-11,14-15,18,21H,12-13,16-17H2,1-7H3,(H,28,29,30). The van der Waals surface area contributed by atoms with Gasteiger partial charge < -0.3 is 19.6 Å². The van der Waals surface area contributed by atoms with Crippen LogP contribution in [0.3, 0.4) is 0 Å². The van der Waals surface area contributed by atoms with E-state index in [4.69, 9.17) is 20.0 Å². The molecule has 2 aromatic rings. The van der Waals surface area contributed by atoms with Crippen LogP contribution in [0.2, 0.25) is 0 Å². The lowest BCUT2D eigenvalue weighted by Crippen LogP contribution is -2.52. The average Bonchev–Trinajstić information content (AvgIpc) is 3.57. The Labute approximate surface area is 228 Å². The van der Waals surface area contributed by atoms with Crippen molar-refractivity contribution in [1.82, 2.24) is 29.8 Å². The fourth-order valence-corrected chi connectivity index (χ4v) is 5.66. The van der Waals surface area contributed by atoms with Gasteiger partial charge in [0.15, 0.2) is 0 Å². The number of rotatable bonds is 7. The van der Waals surface area contributed by atoms with Gasteiger partial charge in [0, 0.05) is 65.0 Å². The summed E-state index contributed by atoms with van der Waals surface area (Å²) in [6, 6.07) is 8.51. The van der Waals surface area contributed by atoms with E-state index in [1.807, 2.05) is 52.0 Å². The van der Waals surface area contributed by atoms with E-state index in [9.17, 15) is 0 Å². The highest BCUT2D eigenvalue weighted by Gasteiger charge is 2.28. The van der Waals surface area contributed by atoms with Gasteiger partial charge in [-0.25, -0.2) is 20.0 Å². The Morgan fingerprint density at radius 3 is 2.05 bits per heavy atom. The molecule has 2 atom stereocenters. The fraction of sp³-hybridized carbons (Fsp3) is 0.520. The predicted octanol–water partition coefficient (Wildman–Crippen LogP) is 2.90. The second-order valence-corrected chi connectivity index (χ2v) is 11.6. The van der Waals surface area contributed by atoms with Gasteiger partial charge in [-0.15, -0.1) is 22.7 Å². The quantitative estimate of drug-likeness (QED) is 0.580. The molecule has 2 aliphatic heterocycles. The first kappa shape index (κ1) is 26.9. The first-order chi connectivity index (χ1) is 17.7. The van der Waals surface area contributed by atoms with Gasteiger partial charge in [0.2, 0.25) is 23.8 Å². The molecule has 4 heterocycles. The Morgan fingerprint density at radius 1 is 0.838 bits per heavy atom. The van der Waals surface area contributed by atoms with Gasteiger partial charge in [-0.05, 0) is 29.8 Å². The zero-order valence-electron chi connectivity index (χ0n) is 22.8. The molecule has 1 N–H and O–H groups in total. The first-order valence-electron chi connectivity index (χ1n) is 12.4. The van der Waals surface area contributed by atoms with Gasteiger partial charge in [-0.1, -0.05) is 12.1 Å². The van der Waals surface area contributed by atoms with Gasteiger partial charge in [-0.2, -0.15) is 0 Å². The molecule has 0 fully saturated rings. The van der Waals surface area contributed by atoms with Gasteiger partial charge in [0.1, 0.15) is 12.3 Å². The maximum Gasteiger partial charge on any atom is 0.205 e. The molecule has 200 valence electrons. The molecule has 2 aliphatic rings. The van der Waals surface area contributed by atoms with Crippen molar-refractivity contribution >= 4 is 46.5 Å². The Hall–Kier alpha value is -3.12. The van der Waals surface area contributed by atoms with Crippen molar-refractivity contribution in [3.05, 3.63) is 44.8 Å². The SMILES string of the molecule is CC1N=C(N(C)C)N(C)C(N(CCC2N=C(N(C)C)NC(N(C)Cc3cccs3)=N2)Cc2cccs2)=N1. The molecule has 0 saturated heterocycles. The summed E-state index contributed by atoms with van der Waals surface area (Å²) in [4.78, 5) is 32.8. The predicted molar refractivity (Wildman–Crippen MR) is 156 cm³/mol. The van der Waals surface area contributed by atoms with Gasteiger partial charge >= 0.3 is 0 Å². The Morgan fingerprint density at radius 2 is 1.46 bits per heavy atom. The van der Waals surface area contributed by atoms with E-state index in [2.05, 4.69) is 62.1 Å². The van der Waals surface area contributed by atoms with Crippen LogP contribution in [-0.2, 0) is 13.1 Å². The van der Waals surface area contributed by atoms with E-state index >= 15 is 0 Å². The number of hydrogen-bond acceptors (Lipinski definition) is 12. The number of nitrogens with zero attached hydrogens (tertiary/aromatic N) is 9. The van der Waals surface area contributed by atoms with E-state index in [1.54, 1.807) is 22.7 Å². The maximum absolute atomic E-state index is 5.00. The molecular formula is C25H38N10S2. The summed E-state index contributed by atoms with van der Waals surface area (Å²) in [6.45, 7) is 4.36. The van der Waals surface area contributed by atoms with Crippen LogP contribution in [0.15, 0.2) is 55.0 Å². The Bertz CT molecular complexity index is 1130. The zero-order chi connectivity index (χ0) is 26.5. The minimum atomic E-state index is -0.195. The summed E-state index contributed by atoms with van der Waals surface area (Å²) in [7, 11) is 12.1. The van der Waals surface area contributed by atoms with Gasteiger partial charge in [0.25, 0.3) is 0 Å². The lowest BCUT2D eigenvalue weighted by atomic mass is 10.3. The van der Waals surface area contributed by atoms with E-state index < -0.39 is 0 Å². The number of thiophene rings is 2. The number of nitrogens with one attached hydrogen (secondary N) is 1. The molecule has 2 unspecified atom stereocenters. The molecule has 2 aromatic heterocycles. The Kier molecular flexibility index (Phi) is 8.70. The summed E-state index contributed by atoms with van der Waals surface area (Å²) in [5.74, 6) is 3.48. The minimum Gasteiger partial charge on any atom is -0.349 e. The van der Waals surface area contributed by atoms with Crippen molar-refractivity contribution in [3.63, 3.8) is 0 Å².